The number of aromatic nitrogens is 4. The number of nitrogen functional groups attached to an aromatic ring is 1. The Bertz CT molecular complexity index is 670. The number of aliphatic carboxylic acids is 1. The summed E-state index contributed by atoms with van der Waals surface area (Å²) in [5.41, 5.74) is 6.80. The number of carboxylic acids is 1. The maximum Gasteiger partial charge on any atom is 0.331 e. The fourth-order valence-electron chi connectivity index (χ4n) is 2.06. The van der Waals surface area contributed by atoms with E-state index in [0.717, 1.165) is 4.68 Å². The lowest BCUT2D eigenvalue weighted by molar-refractivity contribution is -0.144. The van der Waals surface area contributed by atoms with E-state index in [-0.39, 0.29) is 5.82 Å². The first kappa shape index (κ1) is 15.7. The van der Waals surface area contributed by atoms with Crippen molar-refractivity contribution in [3.05, 3.63) is 18.2 Å². The number of tetrazole rings is 1. The zero-order valence-corrected chi connectivity index (χ0v) is 12.2. The van der Waals surface area contributed by atoms with Crippen molar-refractivity contribution in [2.24, 2.45) is 0 Å². The second kappa shape index (κ2) is 6.39. The van der Waals surface area contributed by atoms with Crippen LogP contribution >= 0.6 is 0 Å². The lowest BCUT2D eigenvalue weighted by atomic mass is 10.1. The van der Waals surface area contributed by atoms with E-state index in [4.69, 9.17) is 10.5 Å². The van der Waals surface area contributed by atoms with Gasteiger partial charge < -0.3 is 20.7 Å². The summed E-state index contributed by atoms with van der Waals surface area (Å²) in [6.45, 7) is 3.68. The topological polar surface area (TPSA) is 136 Å². The number of rotatable bonds is 6. The second-order valence-electron chi connectivity index (χ2n) is 4.66. The summed E-state index contributed by atoms with van der Waals surface area (Å²) in [5.74, 6) is -0.513. The van der Waals surface area contributed by atoms with Crippen LogP contribution in [0, 0.1) is 0 Å². The molecular formula is C13H17N5O4. The van der Waals surface area contributed by atoms with Crippen LogP contribution in [0.3, 0.4) is 0 Å². The number of aliphatic hydroxyl groups is 1. The van der Waals surface area contributed by atoms with Crippen molar-refractivity contribution < 1.29 is 19.7 Å². The third kappa shape index (κ3) is 2.98. The van der Waals surface area contributed by atoms with E-state index in [1.807, 2.05) is 6.92 Å². The van der Waals surface area contributed by atoms with Gasteiger partial charge in [-0.25, -0.2) is 9.48 Å². The zero-order chi connectivity index (χ0) is 16.3. The molecule has 9 nitrogen and oxygen atoms in total. The molecule has 0 aliphatic heterocycles. The maximum absolute atomic E-state index is 11.3. The molecule has 0 bridgehead atoms. The molecule has 0 saturated heterocycles. The summed E-state index contributed by atoms with van der Waals surface area (Å²) in [6, 6.07) is 3.63. The van der Waals surface area contributed by atoms with Crippen molar-refractivity contribution in [1.82, 2.24) is 20.2 Å². The normalized spacial score (nSPS) is 13.6. The molecule has 0 radical (unpaired) electrons. The Morgan fingerprint density at radius 1 is 1.50 bits per heavy atom. The molecule has 0 amide bonds. The molecule has 2 unspecified atom stereocenters. The predicted molar refractivity (Wildman–Crippen MR) is 77.2 cm³/mol. The third-order valence-electron chi connectivity index (χ3n) is 3.03. The van der Waals surface area contributed by atoms with E-state index < -0.39 is 18.1 Å². The number of anilines is 1. The van der Waals surface area contributed by atoms with Crippen LogP contribution in [0.2, 0.25) is 0 Å². The van der Waals surface area contributed by atoms with Gasteiger partial charge in [-0.05, 0) is 42.5 Å². The molecule has 0 aliphatic carbocycles. The highest BCUT2D eigenvalue weighted by molar-refractivity contribution is 5.74. The maximum atomic E-state index is 11.3. The van der Waals surface area contributed by atoms with Crippen molar-refractivity contribution in [2.45, 2.75) is 26.0 Å². The second-order valence-corrected chi connectivity index (χ2v) is 4.66. The fourth-order valence-corrected chi connectivity index (χ4v) is 2.06. The summed E-state index contributed by atoms with van der Waals surface area (Å²) >= 11 is 0. The highest BCUT2D eigenvalue weighted by Crippen LogP contribution is 2.28. The molecule has 2 aromatic rings. The van der Waals surface area contributed by atoms with Crippen molar-refractivity contribution in [3.63, 3.8) is 0 Å². The molecule has 1 aromatic heterocycles. The summed E-state index contributed by atoms with van der Waals surface area (Å²) in [5, 5.41) is 29.9. The van der Waals surface area contributed by atoms with Gasteiger partial charge in [0.2, 0.25) is 0 Å². The predicted octanol–water partition coefficient (Wildman–Crippen LogP) is 0.328. The molecule has 2 atom stereocenters. The van der Waals surface area contributed by atoms with Gasteiger partial charge in [-0.3, -0.25) is 0 Å². The minimum atomic E-state index is -1.29. The van der Waals surface area contributed by atoms with Gasteiger partial charge in [0, 0.05) is 5.56 Å². The van der Waals surface area contributed by atoms with Crippen LogP contribution in [0.4, 0.5) is 5.69 Å². The summed E-state index contributed by atoms with van der Waals surface area (Å²) in [4.78, 5) is 11.3. The minimum Gasteiger partial charge on any atom is -0.492 e. The van der Waals surface area contributed by atoms with Gasteiger partial charge in [0.1, 0.15) is 5.75 Å². The lowest BCUT2D eigenvalue weighted by Gasteiger charge is -2.16. The van der Waals surface area contributed by atoms with E-state index in [1.165, 1.54) is 6.92 Å². The average Bonchev–Trinajstić information content (AvgIpc) is 2.89. The van der Waals surface area contributed by atoms with Gasteiger partial charge in [0.05, 0.1) is 18.4 Å². The lowest BCUT2D eigenvalue weighted by Crippen LogP contribution is -2.30. The first-order valence-corrected chi connectivity index (χ1v) is 6.67. The molecule has 4 N–H and O–H groups in total. The van der Waals surface area contributed by atoms with Crippen molar-refractivity contribution in [3.8, 4) is 17.1 Å². The first-order valence-electron chi connectivity index (χ1n) is 6.67. The zero-order valence-electron chi connectivity index (χ0n) is 12.2. The number of benzene rings is 1. The summed E-state index contributed by atoms with van der Waals surface area (Å²) in [6.07, 6.45) is -1.17. The highest BCUT2D eigenvalue weighted by atomic mass is 16.5. The Kier molecular flexibility index (Phi) is 4.56. The molecule has 0 spiro atoms. The van der Waals surface area contributed by atoms with E-state index >= 15 is 0 Å². The van der Waals surface area contributed by atoms with Gasteiger partial charge in [-0.1, -0.05) is 0 Å². The highest BCUT2D eigenvalue weighted by Gasteiger charge is 2.29. The molecular weight excluding hydrogens is 290 g/mol. The Morgan fingerprint density at radius 2 is 2.23 bits per heavy atom. The quantitative estimate of drug-likeness (QED) is 0.649. The van der Waals surface area contributed by atoms with E-state index in [9.17, 15) is 15.0 Å². The number of nitrogens with two attached hydrogens (primary N) is 1. The van der Waals surface area contributed by atoms with E-state index in [0.29, 0.717) is 23.6 Å². The molecule has 2 rings (SSSR count). The molecule has 9 heteroatoms. The van der Waals surface area contributed by atoms with Crippen molar-refractivity contribution >= 4 is 11.7 Å². The van der Waals surface area contributed by atoms with Crippen molar-refractivity contribution in [1.29, 1.82) is 0 Å². The molecule has 1 heterocycles. The molecule has 0 saturated carbocycles. The number of aliphatic hydroxyl groups excluding tert-OH is 1. The largest absolute Gasteiger partial charge is 0.492 e. The summed E-state index contributed by atoms with van der Waals surface area (Å²) in [7, 11) is 0. The molecule has 22 heavy (non-hydrogen) atoms. The molecule has 0 aliphatic rings. The van der Waals surface area contributed by atoms with Gasteiger partial charge in [0.25, 0.3) is 0 Å². The van der Waals surface area contributed by atoms with Crippen LogP contribution in [0.15, 0.2) is 18.2 Å². The Balaban J connectivity index is 2.45. The summed E-state index contributed by atoms with van der Waals surface area (Å²) < 4.78 is 6.40. The Hall–Kier alpha value is -2.68. The number of carbonyl (C=O) groups is 1. The average molecular weight is 307 g/mol. The number of hydrogen-bond donors (Lipinski definition) is 3. The standard InChI is InChI=1S/C13H17N5O4/c1-3-22-10-5-4-8(6-9(10)14)12-15-16-17-18(12)11(7(2)19)13(20)21/h4-7,11,19H,3,14H2,1-2H3,(H,20,21). The van der Waals surface area contributed by atoms with E-state index in [1.54, 1.807) is 18.2 Å². The SMILES string of the molecule is CCOc1ccc(-c2nnnn2C(C(=O)O)C(C)O)cc1N. The van der Waals surface area contributed by atoms with Gasteiger partial charge in [-0.15, -0.1) is 5.10 Å². The van der Waals surface area contributed by atoms with Crippen LogP contribution in [0.25, 0.3) is 11.4 Å². The van der Waals surface area contributed by atoms with Crippen LogP contribution in [0.5, 0.6) is 5.75 Å². The molecule has 1 aromatic carbocycles. The van der Waals surface area contributed by atoms with Crippen LogP contribution in [0.1, 0.15) is 19.9 Å². The Morgan fingerprint density at radius 3 is 2.77 bits per heavy atom. The number of ether oxygens (including phenoxy) is 1. The Labute approximate surface area is 126 Å². The van der Waals surface area contributed by atoms with Crippen LogP contribution in [-0.4, -0.2) is 49.1 Å². The van der Waals surface area contributed by atoms with E-state index in [2.05, 4.69) is 15.5 Å². The smallest absolute Gasteiger partial charge is 0.331 e. The van der Waals surface area contributed by atoms with Crippen LogP contribution in [-0.2, 0) is 4.79 Å². The number of nitrogens with zero attached hydrogens (tertiary/aromatic N) is 4. The monoisotopic (exact) mass is 307 g/mol. The third-order valence-corrected chi connectivity index (χ3v) is 3.03. The van der Waals surface area contributed by atoms with Crippen LogP contribution < -0.4 is 10.5 Å². The molecule has 0 fully saturated rings. The number of carboxylic acid groups (broad SMARTS) is 1. The molecule has 118 valence electrons. The van der Waals surface area contributed by atoms with Gasteiger partial charge >= 0.3 is 5.97 Å². The minimum absolute atomic E-state index is 0.197. The fraction of sp³-hybridized carbons (Fsp3) is 0.385. The van der Waals surface area contributed by atoms with Gasteiger partial charge in [-0.2, -0.15) is 0 Å². The number of hydrogen-bond acceptors (Lipinski definition) is 7. The van der Waals surface area contributed by atoms with Crippen molar-refractivity contribution in [2.75, 3.05) is 12.3 Å². The first-order chi connectivity index (χ1) is 10.5. The van der Waals surface area contributed by atoms with Gasteiger partial charge in [0.15, 0.2) is 11.9 Å².